The molecule has 0 spiro atoms. The van der Waals surface area contributed by atoms with E-state index in [2.05, 4.69) is 34.0 Å². The summed E-state index contributed by atoms with van der Waals surface area (Å²) in [5.74, 6) is -0.389. The van der Waals surface area contributed by atoms with Gasteiger partial charge < -0.3 is 24.7 Å². The van der Waals surface area contributed by atoms with Gasteiger partial charge in [-0.1, -0.05) is 37.3 Å². The van der Waals surface area contributed by atoms with Crippen molar-refractivity contribution in [1.82, 2.24) is 19.5 Å². The number of hydrogen-bond donors (Lipinski definition) is 1. The molecule has 9 nitrogen and oxygen atoms in total. The second kappa shape index (κ2) is 7.83. The van der Waals surface area contributed by atoms with E-state index in [-0.39, 0.29) is 24.4 Å². The van der Waals surface area contributed by atoms with Gasteiger partial charge in [-0.3, -0.25) is 4.57 Å². The van der Waals surface area contributed by atoms with E-state index in [0.717, 1.165) is 12.0 Å². The lowest BCUT2D eigenvalue weighted by atomic mass is 10.1. The van der Waals surface area contributed by atoms with E-state index in [4.69, 9.17) is 24.7 Å². The number of hydrogen-bond acceptors (Lipinski definition) is 8. The quantitative estimate of drug-likeness (QED) is 0.642. The molecule has 3 aromatic rings. The van der Waals surface area contributed by atoms with Gasteiger partial charge >= 0.3 is 0 Å². The van der Waals surface area contributed by atoms with Crippen molar-refractivity contribution in [2.24, 2.45) is 0 Å². The number of anilines is 1. The van der Waals surface area contributed by atoms with Crippen molar-refractivity contribution in [2.75, 3.05) is 12.3 Å². The van der Waals surface area contributed by atoms with Gasteiger partial charge in [0.25, 0.3) is 0 Å². The number of nitrogens with zero attached hydrogens (tertiary/aromatic N) is 4. The van der Waals surface area contributed by atoms with Gasteiger partial charge in [0.2, 0.25) is 0 Å². The van der Waals surface area contributed by atoms with Crippen LogP contribution in [0.3, 0.4) is 0 Å². The summed E-state index contributed by atoms with van der Waals surface area (Å²) in [6.07, 6.45) is 2.57. The molecule has 2 saturated heterocycles. The molecular weight excluding hydrogens is 398 g/mol. The van der Waals surface area contributed by atoms with Crippen LogP contribution in [0, 0.1) is 0 Å². The number of nitrogen functional groups attached to an aromatic ring is 1. The van der Waals surface area contributed by atoms with Crippen LogP contribution in [0.5, 0.6) is 0 Å². The normalized spacial score (nSPS) is 28.1. The summed E-state index contributed by atoms with van der Waals surface area (Å²) < 4.78 is 26.9. The summed E-state index contributed by atoms with van der Waals surface area (Å²) >= 11 is 0. The number of imidazole rings is 1. The van der Waals surface area contributed by atoms with Crippen LogP contribution in [0.1, 0.15) is 45.1 Å². The molecule has 31 heavy (non-hydrogen) atoms. The molecule has 5 atom stereocenters. The molecule has 2 aliphatic rings. The Morgan fingerprint density at radius 2 is 1.90 bits per heavy atom. The topological polar surface area (TPSA) is 107 Å². The smallest absolute Gasteiger partial charge is 0.167 e. The standard InChI is InChI=1S/C22H27N5O4/c1-4-14(13-8-6-5-7-9-13)28-10-15-17-18(31-22(2,3)30-17)21(29-15)27-12-26-16-19(23)24-11-25-20(16)27/h5-9,11-12,14-15,17-18,21H,4,10H2,1-3H3,(H2,23,24,25)/t14-,15-,17-,18-,21-/m1/s1. The minimum Gasteiger partial charge on any atom is -0.382 e. The maximum Gasteiger partial charge on any atom is 0.167 e. The first-order valence-corrected chi connectivity index (χ1v) is 10.6. The molecule has 0 unspecified atom stereocenters. The van der Waals surface area contributed by atoms with Crippen LogP contribution in [0.2, 0.25) is 0 Å². The van der Waals surface area contributed by atoms with Crippen LogP contribution >= 0.6 is 0 Å². The Morgan fingerprint density at radius 3 is 2.68 bits per heavy atom. The largest absolute Gasteiger partial charge is 0.382 e. The number of fused-ring (bicyclic) bond motifs is 2. The third-order valence-electron chi connectivity index (χ3n) is 5.79. The van der Waals surface area contributed by atoms with Crippen molar-refractivity contribution in [3.63, 3.8) is 0 Å². The van der Waals surface area contributed by atoms with Gasteiger partial charge in [-0.05, 0) is 25.8 Å². The van der Waals surface area contributed by atoms with Gasteiger partial charge in [0, 0.05) is 0 Å². The zero-order valence-electron chi connectivity index (χ0n) is 17.8. The van der Waals surface area contributed by atoms with Crippen LogP contribution < -0.4 is 5.73 Å². The summed E-state index contributed by atoms with van der Waals surface area (Å²) in [5, 5.41) is 0. The number of rotatable bonds is 6. The SMILES string of the molecule is CC[C@@H](OC[C@H]1O[C@@H](n2cnc3c(N)ncnc32)[C@@H]2OC(C)(C)O[C@@H]21)c1ccccc1. The highest BCUT2D eigenvalue weighted by Crippen LogP contribution is 2.44. The first kappa shape index (κ1) is 20.3. The minimum absolute atomic E-state index is 0.0146. The Kier molecular flexibility index (Phi) is 5.13. The molecule has 0 saturated carbocycles. The molecule has 0 amide bonds. The molecular formula is C22H27N5O4. The molecule has 2 fully saturated rings. The lowest BCUT2D eigenvalue weighted by molar-refractivity contribution is -0.203. The van der Waals surface area contributed by atoms with Crippen molar-refractivity contribution in [3.8, 4) is 0 Å². The fraction of sp³-hybridized carbons (Fsp3) is 0.500. The van der Waals surface area contributed by atoms with Crippen molar-refractivity contribution in [2.45, 2.75) is 63.6 Å². The molecule has 2 aliphatic heterocycles. The van der Waals surface area contributed by atoms with Crippen LogP contribution in [-0.4, -0.2) is 50.2 Å². The zero-order valence-corrected chi connectivity index (χ0v) is 17.8. The highest BCUT2D eigenvalue weighted by Gasteiger charge is 2.56. The lowest BCUT2D eigenvalue weighted by Gasteiger charge is -2.26. The lowest BCUT2D eigenvalue weighted by Crippen LogP contribution is -2.33. The summed E-state index contributed by atoms with van der Waals surface area (Å²) in [7, 11) is 0. The van der Waals surface area contributed by atoms with Crippen molar-refractivity contribution >= 4 is 17.0 Å². The molecule has 0 bridgehead atoms. The summed E-state index contributed by atoms with van der Waals surface area (Å²) in [6.45, 7) is 6.31. The average molecular weight is 425 g/mol. The second-order valence-electron chi connectivity index (χ2n) is 8.35. The maximum atomic E-state index is 6.39. The van der Waals surface area contributed by atoms with Gasteiger partial charge in [0.05, 0.1) is 19.0 Å². The van der Waals surface area contributed by atoms with E-state index < -0.39 is 12.0 Å². The fourth-order valence-electron chi connectivity index (χ4n) is 4.40. The molecule has 5 rings (SSSR count). The van der Waals surface area contributed by atoms with Crippen LogP contribution in [0.25, 0.3) is 11.2 Å². The number of ether oxygens (including phenoxy) is 4. The van der Waals surface area contributed by atoms with Crippen molar-refractivity contribution in [1.29, 1.82) is 0 Å². The summed E-state index contributed by atoms with van der Waals surface area (Å²) in [6, 6.07) is 10.2. The molecule has 1 aromatic carbocycles. The molecule has 4 heterocycles. The maximum absolute atomic E-state index is 6.39. The van der Waals surface area contributed by atoms with Crippen molar-refractivity contribution < 1.29 is 18.9 Å². The second-order valence-corrected chi connectivity index (χ2v) is 8.35. The highest BCUT2D eigenvalue weighted by atomic mass is 16.8. The van der Waals surface area contributed by atoms with E-state index in [1.165, 1.54) is 6.33 Å². The van der Waals surface area contributed by atoms with E-state index in [9.17, 15) is 0 Å². The Bertz CT molecular complexity index is 1060. The van der Waals surface area contributed by atoms with Crippen LogP contribution in [-0.2, 0) is 18.9 Å². The zero-order chi connectivity index (χ0) is 21.6. The Morgan fingerprint density at radius 1 is 1.13 bits per heavy atom. The summed E-state index contributed by atoms with van der Waals surface area (Å²) in [4.78, 5) is 12.7. The van der Waals surface area contributed by atoms with E-state index in [1.54, 1.807) is 6.33 Å². The predicted octanol–water partition coefficient (Wildman–Crippen LogP) is 2.99. The van der Waals surface area contributed by atoms with Gasteiger partial charge in [0.15, 0.2) is 23.5 Å². The monoisotopic (exact) mass is 425 g/mol. The first-order chi connectivity index (χ1) is 15.0. The van der Waals surface area contributed by atoms with Gasteiger partial charge in [-0.15, -0.1) is 0 Å². The van der Waals surface area contributed by atoms with Crippen LogP contribution in [0.15, 0.2) is 43.0 Å². The van der Waals surface area contributed by atoms with Crippen LogP contribution in [0.4, 0.5) is 5.82 Å². The Labute approximate surface area is 180 Å². The summed E-state index contributed by atoms with van der Waals surface area (Å²) in [5.41, 5.74) is 8.24. The fourth-order valence-corrected chi connectivity index (χ4v) is 4.40. The van der Waals surface area contributed by atoms with E-state index in [1.807, 2.05) is 36.6 Å². The molecule has 164 valence electrons. The predicted molar refractivity (Wildman–Crippen MR) is 113 cm³/mol. The Balaban J connectivity index is 1.40. The first-order valence-electron chi connectivity index (χ1n) is 10.6. The van der Waals surface area contributed by atoms with E-state index in [0.29, 0.717) is 23.6 Å². The third-order valence-corrected chi connectivity index (χ3v) is 5.79. The number of aromatic nitrogens is 4. The molecule has 0 aliphatic carbocycles. The van der Waals surface area contributed by atoms with Gasteiger partial charge in [-0.2, -0.15) is 0 Å². The Hall–Kier alpha value is -2.59. The van der Waals surface area contributed by atoms with Crippen molar-refractivity contribution in [3.05, 3.63) is 48.5 Å². The third kappa shape index (κ3) is 3.67. The average Bonchev–Trinajstić information content (AvgIpc) is 3.41. The van der Waals surface area contributed by atoms with Gasteiger partial charge in [0.1, 0.15) is 30.2 Å². The molecule has 2 aromatic heterocycles. The van der Waals surface area contributed by atoms with Gasteiger partial charge in [-0.25, -0.2) is 15.0 Å². The van der Waals surface area contributed by atoms with E-state index >= 15 is 0 Å². The highest BCUT2D eigenvalue weighted by molar-refractivity contribution is 5.81. The number of benzene rings is 1. The number of nitrogens with two attached hydrogens (primary N) is 1. The molecule has 0 radical (unpaired) electrons. The molecule has 2 N–H and O–H groups in total. The minimum atomic E-state index is -0.719. The molecule has 9 heteroatoms.